The summed E-state index contributed by atoms with van der Waals surface area (Å²) in [5.74, 6) is 1.85. The third kappa shape index (κ3) is 4.88. The van der Waals surface area contributed by atoms with E-state index in [0.717, 1.165) is 55.0 Å². The van der Waals surface area contributed by atoms with Crippen LogP contribution in [0.4, 0.5) is 0 Å². The van der Waals surface area contributed by atoms with E-state index in [9.17, 15) is 0 Å². The number of para-hydroxylation sites is 1. The van der Waals surface area contributed by atoms with Crippen LogP contribution in [0, 0.1) is 0 Å². The normalized spacial score (nSPS) is 11.5. The van der Waals surface area contributed by atoms with Crippen LogP contribution >= 0.6 is 0 Å². The molecule has 4 nitrogen and oxygen atoms in total. The van der Waals surface area contributed by atoms with Crippen molar-refractivity contribution < 1.29 is 4.42 Å². The SMILES string of the molecule is c1ccc(-c2nc(-c3cccc4c(-c5cccc6c(-c7ccccc7)cccc56)cccc34)nc(-c3cccc4oc5ccccc5c34)n2)cc1. The van der Waals surface area contributed by atoms with Gasteiger partial charge in [0.15, 0.2) is 17.5 Å². The van der Waals surface area contributed by atoms with E-state index in [-0.39, 0.29) is 0 Å². The van der Waals surface area contributed by atoms with E-state index in [1.165, 1.54) is 27.5 Å². The minimum atomic E-state index is 0.603. The lowest BCUT2D eigenvalue weighted by molar-refractivity contribution is 0.669. The monoisotopic (exact) mass is 651 g/mol. The van der Waals surface area contributed by atoms with Crippen LogP contribution in [-0.4, -0.2) is 15.0 Å². The molecule has 0 fully saturated rings. The van der Waals surface area contributed by atoms with Gasteiger partial charge in [-0.25, -0.2) is 15.0 Å². The van der Waals surface area contributed by atoms with Crippen molar-refractivity contribution in [3.8, 4) is 56.4 Å². The number of nitrogens with zero attached hydrogens (tertiary/aromatic N) is 3. The van der Waals surface area contributed by atoms with Crippen LogP contribution in [0.5, 0.6) is 0 Å². The molecule has 238 valence electrons. The van der Waals surface area contributed by atoms with Gasteiger partial charge in [-0.1, -0.05) is 164 Å². The molecule has 10 rings (SSSR count). The van der Waals surface area contributed by atoms with Crippen LogP contribution in [0.1, 0.15) is 0 Å². The summed E-state index contributed by atoms with van der Waals surface area (Å²) in [5.41, 5.74) is 9.21. The van der Waals surface area contributed by atoms with Gasteiger partial charge in [0.2, 0.25) is 0 Å². The first kappa shape index (κ1) is 29.0. The van der Waals surface area contributed by atoms with Gasteiger partial charge in [-0.3, -0.25) is 0 Å². The zero-order valence-electron chi connectivity index (χ0n) is 27.5. The van der Waals surface area contributed by atoms with Gasteiger partial charge >= 0.3 is 0 Å². The van der Waals surface area contributed by atoms with Crippen molar-refractivity contribution in [2.24, 2.45) is 0 Å². The first-order valence-corrected chi connectivity index (χ1v) is 17.1. The number of furan rings is 1. The van der Waals surface area contributed by atoms with Gasteiger partial charge in [-0.05, 0) is 55.9 Å². The molecule has 2 aromatic heterocycles. The van der Waals surface area contributed by atoms with Crippen LogP contribution in [0.2, 0.25) is 0 Å². The fraction of sp³-hybridized carbons (Fsp3) is 0. The Morgan fingerprint density at radius 1 is 0.275 bits per heavy atom. The molecule has 0 aliphatic rings. The Bertz CT molecular complexity index is 2910. The molecule has 10 aromatic rings. The van der Waals surface area contributed by atoms with Gasteiger partial charge in [0.05, 0.1) is 0 Å². The van der Waals surface area contributed by atoms with E-state index in [1.807, 2.05) is 60.7 Å². The highest BCUT2D eigenvalue weighted by atomic mass is 16.3. The largest absolute Gasteiger partial charge is 0.456 e. The molecule has 0 atom stereocenters. The number of aromatic nitrogens is 3. The molecular weight excluding hydrogens is 623 g/mol. The molecule has 4 heteroatoms. The Balaban J connectivity index is 1.19. The van der Waals surface area contributed by atoms with Gasteiger partial charge in [0.25, 0.3) is 0 Å². The van der Waals surface area contributed by atoms with Crippen molar-refractivity contribution in [2.75, 3.05) is 0 Å². The first-order valence-electron chi connectivity index (χ1n) is 17.1. The zero-order chi connectivity index (χ0) is 33.7. The second kappa shape index (κ2) is 11.9. The third-order valence-electron chi connectivity index (χ3n) is 9.77. The van der Waals surface area contributed by atoms with Gasteiger partial charge in [0, 0.05) is 27.5 Å². The summed E-state index contributed by atoms with van der Waals surface area (Å²) < 4.78 is 6.25. The summed E-state index contributed by atoms with van der Waals surface area (Å²) in [5, 5.41) is 6.69. The number of hydrogen-bond acceptors (Lipinski definition) is 4. The predicted molar refractivity (Wildman–Crippen MR) is 209 cm³/mol. The second-order valence-corrected chi connectivity index (χ2v) is 12.7. The van der Waals surface area contributed by atoms with Gasteiger partial charge in [-0.15, -0.1) is 0 Å². The molecule has 0 aliphatic carbocycles. The summed E-state index contributed by atoms with van der Waals surface area (Å²) in [6.45, 7) is 0. The standard InChI is InChI=1S/C47H29N3O/c1-3-14-30(15-4-1)32-19-9-21-34-33(32)20-10-22-35(34)36-23-11-25-38-37(36)24-12-26-39(38)46-48-45(31-16-5-2-6-17-31)49-47(50-46)41-27-13-29-43-44(41)40-18-7-8-28-42(40)51-43/h1-29H. The summed E-state index contributed by atoms with van der Waals surface area (Å²) in [6.07, 6.45) is 0. The minimum absolute atomic E-state index is 0.603. The van der Waals surface area contributed by atoms with Gasteiger partial charge in [0.1, 0.15) is 11.2 Å². The number of benzene rings is 8. The second-order valence-electron chi connectivity index (χ2n) is 12.7. The minimum Gasteiger partial charge on any atom is -0.456 e. The molecule has 0 aliphatic heterocycles. The molecule has 51 heavy (non-hydrogen) atoms. The van der Waals surface area contributed by atoms with Crippen LogP contribution in [-0.2, 0) is 0 Å². The van der Waals surface area contributed by atoms with Crippen LogP contribution in [0.3, 0.4) is 0 Å². The topological polar surface area (TPSA) is 51.8 Å². The van der Waals surface area contributed by atoms with Crippen molar-refractivity contribution in [1.29, 1.82) is 0 Å². The number of fused-ring (bicyclic) bond motifs is 5. The van der Waals surface area contributed by atoms with Crippen LogP contribution < -0.4 is 0 Å². The summed E-state index contributed by atoms with van der Waals surface area (Å²) in [4.78, 5) is 15.4. The molecule has 0 bridgehead atoms. The van der Waals surface area contributed by atoms with Crippen LogP contribution in [0.25, 0.3) is 99.9 Å². The lowest BCUT2D eigenvalue weighted by atomic mass is 9.90. The lowest BCUT2D eigenvalue weighted by Crippen LogP contribution is -2.01. The maximum absolute atomic E-state index is 6.25. The maximum atomic E-state index is 6.25. The summed E-state index contributed by atoms with van der Waals surface area (Å²) >= 11 is 0. The smallest absolute Gasteiger partial charge is 0.164 e. The highest BCUT2D eigenvalue weighted by Crippen LogP contribution is 2.41. The van der Waals surface area contributed by atoms with E-state index >= 15 is 0 Å². The number of hydrogen-bond donors (Lipinski definition) is 0. The lowest BCUT2D eigenvalue weighted by Gasteiger charge is -2.15. The fourth-order valence-corrected chi connectivity index (χ4v) is 7.45. The first-order chi connectivity index (χ1) is 25.3. The van der Waals surface area contributed by atoms with E-state index in [4.69, 9.17) is 19.4 Å². The Hall–Kier alpha value is -6.91. The summed E-state index contributed by atoms with van der Waals surface area (Å²) in [7, 11) is 0. The van der Waals surface area contributed by atoms with E-state index in [0.29, 0.717) is 17.5 Å². The summed E-state index contributed by atoms with van der Waals surface area (Å²) in [6, 6.07) is 61.1. The van der Waals surface area contributed by atoms with Crippen molar-refractivity contribution >= 4 is 43.5 Å². The molecule has 2 heterocycles. The molecule has 0 saturated carbocycles. The van der Waals surface area contributed by atoms with Gasteiger partial charge in [-0.2, -0.15) is 0 Å². The highest BCUT2D eigenvalue weighted by Gasteiger charge is 2.19. The molecule has 0 saturated heterocycles. The van der Waals surface area contributed by atoms with E-state index < -0.39 is 0 Å². The van der Waals surface area contributed by atoms with Crippen molar-refractivity contribution in [3.05, 3.63) is 176 Å². The molecule has 0 radical (unpaired) electrons. The quantitative estimate of drug-likeness (QED) is 0.186. The average molecular weight is 652 g/mol. The maximum Gasteiger partial charge on any atom is 0.164 e. The molecule has 0 amide bonds. The Labute approximate surface area is 294 Å². The molecule has 8 aromatic carbocycles. The van der Waals surface area contributed by atoms with E-state index in [2.05, 4.69) is 115 Å². The predicted octanol–water partition coefficient (Wildman–Crippen LogP) is 12.4. The average Bonchev–Trinajstić information content (AvgIpc) is 3.59. The highest BCUT2D eigenvalue weighted by molar-refractivity contribution is 6.13. The third-order valence-corrected chi connectivity index (χ3v) is 9.77. The molecule has 0 spiro atoms. The Morgan fingerprint density at radius 2 is 0.706 bits per heavy atom. The van der Waals surface area contributed by atoms with Crippen molar-refractivity contribution in [2.45, 2.75) is 0 Å². The van der Waals surface area contributed by atoms with E-state index in [1.54, 1.807) is 0 Å². The fourth-order valence-electron chi connectivity index (χ4n) is 7.45. The molecule has 0 N–H and O–H groups in total. The Kier molecular flexibility index (Phi) is 6.78. The van der Waals surface area contributed by atoms with Crippen molar-refractivity contribution in [1.82, 2.24) is 15.0 Å². The number of rotatable bonds is 5. The zero-order valence-corrected chi connectivity index (χ0v) is 27.5. The van der Waals surface area contributed by atoms with Crippen molar-refractivity contribution in [3.63, 3.8) is 0 Å². The van der Waals surface area contributed by atoms with Crippen LogP contribution in [0.15, 0.2) is 180 Å². The van der Waals surface area contributed by atoms with Gasteiger partial charge < -0.3 is 4.42 Å². The molecular formula is C47H29N3O. The molecule has 0 unspecified atom stereocenters. The Morgan fingerprint density at radius 3 is 1.39 bits per heavy atom.